The van der Waals surface area contributed by atoms with Crippen LogP contribution in [-0.2, 0) is 23.9 Å². The molecule has 0 aliphatic carbocycles. The molecule has 2 aromatic carbocycles. The van der Waals surface area contributed by atoms with Gasteiger partial charge in [0.1, 0.15) is 22.9 Å². The van der Waals surface area contributed by atoms with E-state index in [2.05, 4.69) is 45.3 Å². The topological polar surface area (TPSA) is 187 Å². The fraction of sp³-hybridized carbons (Fsp3) is 0.327. The predicted octanol–water partition coefficient (Wildman–Crippen LogP) is 7.44. The quantitative estimate of drug-likeness (QED) is 0.0812. The second-order valence-electron chi connectivity index (χ2n) is 18.7. The Kier molecular flexibility index (Phi) is 14.0. The smallest absolute Gasteiger partial charge is 0.368 e. The number of hydrogen-bond acceptors (Lipinski definition) is 12. The first-order valence-corrected chi connectivity index (χ1v) is 24.2. The van der Waals surface area contributed by atoms with Gasteiger partial charge in [0.25, 0.3) is 23.3 Å². The first kappa shape index (κ1) is 50.1. The number of amides is 3. The molecule has 3 aliphatic rings. The van der Waals surface area contributed by atoms with Gasteiger partial charge in [0, 0.05) is 69.8 Å². The van der Waals surface area contributed by atoms with Crippen molar-refractivity contribution in [1.29, 1.82) is 5.26 Å². The minimum absolute atomic E-state index is 0.0736. The predicted molar refractivity (Wildman–Crippen MR) is 272 cm³/mol. The fourth-order valence-electron chi connectivity index (χ4n) is 9.47. The highest BCUT2D eigenvalue weighted by Gasteiger charge is 2.51. The lowest BCUT2D eigenvalue weighted by Crippen LogP contribution is -2.46. The van der Waals surface area contributed by atoms with Gasteiger partial charge in [0.15, 0.2) is 5.11 Å². The molecule has 376 valence electrons. The van der Waals surface area contributed by atoms with Crippen molar-refractivity contribution in [3.8, 4) is 6.07 Å². The van der Waals surface area contributed by atoms with E-state index in [0.717, 1.165) is 90.4 Å². The molecule has 7 heterocycles. The zero-order chi connectivity index (χ0) is 51.8. The van der Waals surface area contributed by atoms with E-state index in [1.165, 1.54) is 49.2 Å². The van der Waals surface area contributed by atoms with Crippen molar-refractivity contribution in [3.05, 3.63) is 141 Å². The number of piperazine rings is 1. The lowest BCUT2D eigenvalue weighted by molar-refractivity contribution is -0.137. The van der Waals surface area contributed by atoms with E-state index in [1.54, 1.807) is 24.4 Å². The first-order valence-electron chi connectivity index (χ1n) is 23.8. The second-order valence-corrected chi connectivity index (χ2v) is 19.1. The van der Waals surface area contributed by atoms with Gasteiger partial charge in [-0.1, -0.05) is 6.92 Å². The highest BCUT2D eigenvalue weighted by atomic mass is 32.1. The third-order valence-electron chi connectivity index (χ3n) is 13.6. The van der Waals surface area contributed by atoms with Gasteiger partial charge in [0.2, 0.25) is 0 Å². The maximum absolute atomic E-state index is 15.7. The van der Waals surface area contributed by atoms with Crippen LogP contribution in [0.3, 0.4) is 0 Å². The van der Waals surface area contributed by atoms with E-state index >= 15 is 4.39 Å². The number of rotatable bonds is 12. The van der Waals surface area contributed by atoms with E-state index in [9.17, 15) is 37.6 Å². The highest BCUT2D eigenvalue weighted by Crippen LogP contribution is 2.40. The Hall–Kier alpha value is -7.83. The highest BCUT2D eigenvalue weighted by molar-refractivity contribution is 7.81. The van der Waals surface area contributed by atoms with Crippen LogP contribution in [0.4, 0.5) is 46.1 Å². The van der Waals surface area contributed by atoms with Gasteiger partial charge in [-0.2, -0.15) is 18.4 Å². The van der Waals surface area contributed by atoms with Gasteiger partial charge in [-0.15, -0.1) is 0 Å². The number of aromatic amines is 1. The molecule has 3 saturated heterocycles. The Bertz CT molecular complexity index is 3220. The molecule has 0 spiro atoms. The second kappa shape index (κ2) is 20.4. The Morgan fingerprint density at radius 1 is 0.849 bits per heavy atom. The molecular weight excluding hydrogens is 965 g/mol. The maximum atomic E-state index is 15.7. The van der Waals surface area contributed by atoms with E-state index in [1.807, 2.05) is 31.3 Å². The molecule has 9 rings (SSSR count). The largest absolute Gasteiger partial charge is 0.417 e. The number of piperidine rings is 1. The van der Waals surface area contributed by atoms with Gasteiger partial charge >= 0.3 is 6.18 Å². The monoisotopic (exact) mass is 1010 g/mol. The van der Waals surface area contributed by atoms with Crippen LogP contribution in [0, 0.1) is 23.1 Å². The van der Waals surface area contributed by atoms with Crippen LogP contribution < -0.4 is 35.8 Å². The van der Waals surface area contributed by atoms with Crippen LogP contribution in [0.2, 0.25) is 0 Å². The lowest BCUT2D eigenvalue weighted by atomic mass is 9.96. The van der Waals surface area contributed by atoms with Crippen molar-refractivity contribution in [3.63, 3.8) is 0 Å². The summed E-state index contributed by atoms with van der Waals surface area (Å²) in [7, 11) is 0. The van der Waals surface area contributed by atoms with E-state index in [4.69, 9.17) is 12.2 Å². The number of thiocarbonyl (C=S) groups is 1. The molecule has 3 fully saturated rings. The molecule has 0 saturated carbocycles. The van der Waals surface area contributed by atoms with Crippen LogP contribution in [0.5, 0.6) is 0 Å². The van der Waals surface area contributed by atoms with Crippen molar-refractivity contribution < 1.29 is 31.9 Å². The van der Waals surface area contributed by atoms with Gasteiger partial charge in [0.05, 0.1) is 63.2 Å². The van der Waals surface area contributed by atoms with Crippen molar-refractivity contribution in [2.24, 2.45) is 5.92 Å². The van der Waals surface area contributed by atoms with Crippen LogP contribution >= 0.6 is 12.2 Å². The molecule has 3 amide bonds. The van der Waals surface area contributed by atoms with E-state index < -0.39 is 40.5 Å². The Labute approximate surface area is 422 Å². The summed E-state index contributed by atoms with van der Waals surface area (Å²) in [5.41, 5.74) is 1.09. The van der Waals surface area contributed by atoms with Crippen LogP contribution in [0.1, 0.15) is 76.7 Å². The van der Waals surface area contributed by atoms with Crippen molar-refractivity contribution in [1.82, 2.24) is 30.2 Å². The summed E-state index contributed by atoms with van der Waals surface area (Å²) < 4.78 is 57.0. The minimum Gasteiger partial charge on any atom is -0.368 e. The molecule has 6 aromatic rings. The molecule has 0 unspecified atom stereocenters. The molecule has 0 atom stereocenters. The number of aryl methyl sites for hydroxylation is 1. The summed E-state index contributed by atoms with van der Waals surface area (Å²) in [5, 5.41) is 14.7. The third-order valence-corrected chi connectivity index (χ3v) is 14.0. The number of alkyl halides is 3. The maximum Gasteiger partial charge on any atom is 0.417 e. The van der Waals surface area contributed by atoms with E-state index in [0.29, 0.717) is 49.3 Å². The summed E-state index contributed by atoms with van der Waals surface area (Å²) in [6, 6.07) is 18.9. The Balaban J connectivity index is 0.721. The van der Waals surface area contributed by atoms with Gasteiger partial charge in [-0.25, -0.2) is 14.4 Å². The molecule has 0 radical (unpaired) electrons. The summed E-state index contributed by atoms with van der Waals surface area (Å²) >= 11 is 5.56. The number of fused-ring (bicyclic) bond motifs is 1. The van der Waals surface area contributed by atoms with Crippen molar-refractivity contribution in [2.75, 3.05) is 70.7 Å². The number of halogens is 4. The Morgan fingerprint density at radius 2 is 1.59 bits per heavy atom. The molecule has 16 nitrogen and oxygen atoms in total. The number of anilines is 5. The molecule has 3 aliphatic heterocycles. The zero-order valence-corrected chi connectivity index (χ0v) is 40.9. The normalized spacial score (nSPS) is 16.5. The number of benzene rings is 2. The molecule has 3 N–H and O–H groups in total. The van der Waals surface area contributed by atoms with Gasteiger partial charge in [-0.05, 0) is 130 Å². The number of pyridine rings is 4. The number of nitriles is 1. The number of aromatic nitrogens is 4. The molecule has 4 aromatic heterocycles. The summed E-state index contributed by atoms with van der Waals surface area (Å²) in [4.78, 5) is 77.8. The van der Waals surface area contributed by atoms with Gasteiger partial charge in [-0.3, -0.25) is 34.0 Å². The lowest BCUT2D eigenvalue weighted by Gasteiger charge is -2.36. The van der Waals surface area contributed by atoms with Crippen molar-refractivity contribution >= 4 is 74.7 Å². The summed E-state index contributed by atoms with van der Waals surface area (Å²) in [6.45, 7) is 10.8. The molecule has 0 bridgehead atoms. The molecule has 73 heavy (non-hydrogen) atoms. The number of carbonyl (C=O) groups is 3. The fourth-order valence-corrected chi connectivity index (χ4v) is 9.99. The average molecular weight is 1020 g/mol. The first-order chi connectivity index (χ1) is 34.9. The standard InChI is InChI=1S/C52H50F4N12O4S/c1-4-33-22-43-44(63-46(33)69)21-32(27-58-43)30-64-17-19-65(20-18-64)38-9-11-42(59-29-38)48(71)61-26-31-13-15-66(16-14-31)45-12-6-35(28-60-45)62-47(70)39-10-8-37(24-41(39)53)68-50(73)67(49(72)51(68,2)3)36-7-5-34(25-57)40(23-36)52(54,55)56/h5-12,21-24,27-29,31H,4,13-20,26,30H2,1-3H3,(H,61,71)(H,62,70)(H,63,69). The van der Waals surface area contributed by atoms with Gasteiger partial charge < -0.3 is 30.3 Å². The number of carbonyl (C=O) groups excluding carboxylic acids is 3. The number of nitrogens with one attached hydrogen (secondary N) is 3. The number of H-pyrrole nitrogens is 1. The van der Waals surface area contributed by atoms with Crippen LogP contribution in [-0.4, -0.2) is 99.0 Å². The molecular formula is C52H50F4N12O4S. The third kappa shape index (κ3) is 10.4. The molecule has 21 heteroatoms. The number of hydrogen-bond donors (Lipinski definition) is 3. The van der Waals surface area contributed by atoms with Crippen LogP contribution in [0.15, 0.2) is 96.2 Å². The minimum atomic E-state index is -4.87. The summed E-state index contributed by atoms with van der Waals surface area (Å²) in [6.07, 6.45) is 2.49. The Morgan fingerprint density at radius 3 is 2.25 bits per heavy atom. The van der Waals surface area contributed by atoms with E-state index in [-0.39, 0.29) is 39.4 Å². The number of nitrogens with zero attached hydrogens (tertiary/aromatic N) is 9. The van der Waals surface area contributed by atoms with Crippen molar-refractivity contribution in [2.45, 2.75) is 58.3 Å². The summed E-state index contributed by atoms with van der Waals surface area (Å²) in [5.74, 6) is -1.67. The average Bonchev–Trinajstić information content (AvgIpc) is 3.56. The zero-order valence-electron chi connectivity index (χ0n) is 40.1. The van der Waals surface area contributed by atoms with Crippen LogP contribution in [0.25, 0.3) is 11.0 Å². The SMILES string of the molecule is CCc1cc2ncc(CN3CCN(c4ccc(C(=O)NCC5CCN(c6ccc(NC(=O)c7ccc(N8C(=S)N(c9ccc(C#N)c(C(F)(F)F)c9)C(=O)C8(C)C)cc7F)cn6)CC5)nc4)CC3)cc2[nH]c1=O.